The zero-order chi connectivity index (χ0) is 25.5. The number of non-ortho nitro benzene ring substituents is 1. The maximum Gasteiger partial charge on any atom is 0.297 e. The highest BCUT2D eigenvalue weighted by molar-refractivity contribution is 5.86. The van der Waals surface area contributed by atoms with Crippen LogP contribution in [-0.4, -0.2) is 60.7 Å². The molecule has 3 aromatic heterocycles. The molecule has 4 heterocycles. The summed E-state index contributed by atoms with van der Waals surface area (Å²) in [7, 11) is 0. The first-order valence-electron chi connectivity index (χ1n) is 12.0. The summed E-state index contributed by atoms with van der Waals surface area (Å²) in [6.07, 6.45) is 6.55. The van der Waals surface area contributed by atoms with E-state index in [2.05, 4.69) is 25.2 Å². The summed E-state index contributed by atoms with van der Waals surface area (Å²) in [6.45, 7) is 4.64. The number of ether oxygens (including phenoxy) is 1. The molecule has 2 unspecified atom stereocenters. The summed E-state index contributed by atoms with van der Waals surface area (Å²) < 4.78 is 21.2. The molecular weight excluding hydrogens is 481 g/mol. The molecule has 4 aromatic rings. The van der Waals surface area contributed by atoms with Crippen molar-refractivity contribution in [3.8, 4) is 0 Å². The lowest BCUT2D eigenvalue weighted by molar-refractivity contribution is -0.383. The second kappa shape index (κ2) is 9.24. The predicted molar refractivity (Wildman–Crippen MR) is 135 cm³/mol. The summed E-state index contributed by atoms with van der Waals surface area (Å²) in [5.74, 6) is 1.22. The maximum absolute atomic E-state index is 13.8. The SMILES string of the molecule is CC1C=C(F)C=CC1n1cnc2c(NCc3nc4c([N+](=O)[O-])cccc4[nH]3)nc(N3CCOCC3)nc21. The Morgan fingerprint density at radius 1 is 1.24 bits per heavy atom. The fourth-order valence-corrected chi connectivity index (χ4v) is 4.73. The van der Waals surface area contributed by atoms with E-state index in [1.54, 1.807) is 24.5 Å². The summed E-state index contributed by atoms with van der Waals surface area (Å²) in [6, 6.07) is 4.64. The van der Waals surface area contributed by atoms with Gasteiger partial charge in [0.15, 0.2) is 22.5 Å². The fraction of sp³-hybridized carbons (Fsp3) is 0.333. The number of anilines is 2. The van der Waals surface area contributed by atoms with Crippen molar-refractivity contribution in [2.45, 2.75) is 19.5 Å². The van der Waals surface area contributed by atoms with Crippen LogP contribution in [0.4, 0.5) is 21.8 Å². The highest BCUT2D eigenvalue weighted by Gasteiger charge is 2.25. The summed E-state index contributed by atoms with van der Waals surface area (Å²) in [5, 5.41) is 14.7. The van der Waals surface area contributed by atoms with Gasteiger partial charge in [0.05, 0.1) is 42.6 Å². The number of nitro benzene ring substituents is 1. The van der Waals surface area contributed by atoms with Gasteiger partial charge in [-0.3, -0.25) is 10.1 Å². The van der Waals surface area contributed by atoms with E-state index >= 15 is 0 Å². The normalized spacial score (nSPS) is 19.9. The molecule has 1 aliphatic heterocycles. The number of aromatic amines is 1. The van der Waals surface area contributed by atoms with Gasteiger partial charge in [-0.05, 0) is 18.2 Å². The number of fused-ring (bicyclic) bond motifs is 2. The molecule has 2 N–H and O–H groups in total. The molecule has 190 valence electrons. The Labute approximate surface area is 210 Å². The van der Waals surface area contributed by atoms with Crippen LogP contribution in [0.3, 0.4) is 0 Å². The Bertz CT molecular complexity index is 1550. The van der Waals surface area contributed by atoms with E-state index in [9.17, 15) is 14.5 Å². The van der Waals surface area contributed by atoms with Gasteiger partial charge < -0.3 is 24.5 Å². The average Bonchev–Trinajstić information content (AvgIpc) is 3.51. The van der Waals surface area contributed by atoms with Crippen molar-refractivity contribution >= 4 is 39.7 Å². The molecule has 0 radical (unpaired) electrons. The highest BCUT2D eigenvalue weighted by Crippen LogP contribution is 2.32. The van der Waals surface area contributed by atoms with Crippen LogP contribution in [0.25, 0.3) is 22.2 Å². The number of nitro groups is 1. The van der Waals surface area contributed by atoms with Gasteiger partial charge >= 0.3 is 0 Å². The van der Waals surface area contributed by atoms with Crippen LogP contribution in [0.5, 0.6) is 0 Å². The molecule has 1 aromatic carbocycles. The summed E-state index contributed by atoms with van der Waals surface area (Å²) in [5.41, 5.74) is 2.01. The lowest BCUT2D eigenvalue weighted by Gasteiger charge is -2.27. The number of nitrogens with zero attached hydrogens (tertiary/aromatic N) is 7. The molecule has 6 rings (SSSR count). The Hall–Kier alpha value is -4.39. The Kier molecular flexibility index (Phi) is 5.75. The average molecular weight is 506 g/mol. The molecule has 2 aliphatic rings. The third-order valence-corrected chi connectivity index (χ3v) is 6.60. The number of imidazole rings is 2. The van der Waals surface area contributed by atoms with Crippen LogP contribution in [0.2, 0.25) is 0 Å². The third kappa shape index (κ3) is 4.27. The van der Waals surface area contributed by atoms with Gasteiger partial charge in [-0.25, -0.2) is 14.4 Å². The topological polar surface area (TPSA) is 140 Å². The smallest absolute Gasteiger partial charge is 0.297 e. The van der Waals surface area contributed by atoms with Gasteiger partial charge in [-0.15, -0.1) is 0 Å². The molecule has 0 bridgehead atoms. The van der Waals surface area contributed by atoms with Crippen molar-refractivity contribution in [1.82, 2.24) is 29.5 Å². The standard InChI is InChI=1S/C24H24FN9O3/c1-14-11-15(25)5-6-17(14)33-13-27-21-22(30-24(31-23(21)33)32-7-9-37-10-8-32)26-12-19-28-16-3-2-4-18(34(35)36)20(16)29-19/h2-6,11,13-14,17H,7-10,12H2,1H3,(H,28,29)(H,26,30,31). The van der Waals surface area contributed by atoms with Crippen molar-refractivity contribution in [2.24, 2.45) is 5.92 Å². The number of aromatic nitrogens is 6. The van der Waals surface area contributed by atoms with E-state index < -0.39 is 4.92 Å². The number of hydrogen-bond acceptors (Lipinski definition) is 9. The number of halogens is 1. The minimum Gasteiger partial charge on any atom is -0.378 e. The minimum atomic E-state index is -0.447. The number of H-pyrrole nitrogens is 1. The van der Waals surface area contributed by atoms with Crippen molar-refractivity contribution in [3.05, 3.63) is 64.5 Å². The first-order valence-corrected chi connectivity index (χ1v) is 12.0. The molecule has 1 fully saturated rings. The summed E-state index contributed by atoms with van der Waals surface area (Å²) in [4.78, 5) is 34.7. The van der Waals surface area contributed by atoms with Crippen molar-refractivity contribution in [3.63, 3.8) is 0 Å². The number of rotatable bonds is 6. The quantitative estimate of drug-likeness (QED) is 0.297. The third-order valence-electron chi connectivity index (χ3n) is 6.60. The van der Waals surface area contributed by atoms with E-state index in [4.69, 9.17) is 14.7 Å². The molecule has 1 saturated heterocycles. The number of benzene rings is 1. The molecule has 2 atom stereocenters. The number of hydrogen-bond donors (Lipinski definition) is 2. The first kappa shape index (κ1) is 23.0. The van der Waals surface area contributed by atoms with E-state index in [0.29, 0.717) is 66.1 Å². The fourth-order valence-electron chi connectivity index (χ4n) is 4.73. The molecule has 37 heavy (non-hydrogen) atoms. The van der Waals surface area contributed by atoms with Crippen LogP contribution < -0.4 is 10.2 Å². The lowest BCUT2D eigenvalue weighted by Crippen LogP contribution is -2.37. The van der Waals surface area contributed by atoms with E-state index in [0.717, 1.165) is 0 Å². The minimum absolute atomic E-state index is 0.0575. The van der Waals surface area contributed by atoms with Crippen LogP contribution in [0, 0.1) is 16.0 Å². The maximum atomic E-state index is 13.8. The molecule has 1 aliphatic carbocycles. The largest absolute Gasteiger partial charge is 0.378 e. The second-order valence-corrected chi connectivity index (χ2v) is 9.02. The van der Waals surface area contributed by atoms with Gasteiger partial charge in [0, 0.05) is 25.1 Å². The van der Waals surface area contributed by atoms with E-state index in [1.165, 1.54) is 12.1 Å². The van der Waals surface area contributed by atoms with Gasteiger partial charge in [-0.1, -0.05) is 19.1 Å². The van der Waals surface area contributed by atoms with Crippen molar-refractivity contribution in [2.75, 3.05) is 36.5 Å². The Morgan fingerprint density at radius 2 is 2.08 bits per heavy atom. The molecular formula is C24H24FN9O3. The van der Waals surface area contributed by atoms with Crippen LogP contribution in [-0.2, 0) is 11.3 Å². The molecule has 13 heteroatoms. The Balaban J connectivity index is 1.37. The van der Waals surface area contributed by atoms with Crippen molar-refractivity contribution in [1.29, 1.82) is 0 Å². The number of morpholine rings is 1. The van der Waals surface area contributed by atoms with Crippen LogP contribution >= 0.6 is 0 Å². The van der Waals surface area contributed by atoms with Crippen LogP contribution in [0.1, 0.15) is 18.8 Å². The highest BCUT2D eigenvalue weighted by atomic mass is 19.1. The molecule has 0 amide bonds. The van der Waals surface area contributed by atoms with Crippen LogP contribution in [0.15, 0.2) is 48.6 Å². The number of allylic oxidation sites excluding steroid dienone is 4. The van der Waals surface area contributed by atoms with E-state index in [-0.39, 0.29) is 30.0 Å². The van der Waals surface area contributed by atoms with Crippen molar-refractivity contribution < 1.29 is 14.1 Å². The van der Waals surface area contributed by atoms with Gasteiger partial charge in [0.2, 0.25) is 5.95 Å². The first-order chi connectivity index (χ1) is 18.0. The van der Waals surface area contributed by atoms with Gasteiger partial charge in [-0.2, -0.15) is 9.97 Å². The molecule has 0 spiro atoms. The molecule has 12 nitrogen and oxygen atoms in total. The predicted octanol–water partition coefficient (Wildman–Crippen LogP) is 3.66. The number of para-hydroxylation sites is 1. The molecule has 0 saturated carbocycles. The van der Waals surface area contributed by atoms with E-state index in [1.807, 2.05) is 17.6 Å². The second-order valence-electron chi connectivity index (χ2n) is 9.02. The van der Waals surface area contributed by atoms with Gasteiger partial charge in [0.25, 0.3) is 5.69 Å². The zero-order valence-electron chi connectivity index (χ0n) is 20.0. The zero-order valence-corrected chi connectivity index (χ0v) is 20.0. The monoisotopic (exact) mass is 505 g/mol. The Morgan fingerprint density at radius 3 is 2.86 bits per heavy atom. The van der Waals surface area contributed by atoms with Gasteiger partial charge in [0.1, 0.15) is 11.7 Å². The number of nitrogens with one attached hydrogen (secondary N) is 2. The summed E-state index contributed by atoms with van der Waals surface area (Å²) >= 11 is 0. The lowest BCUT2D eigenvalue weighted by atomic mass is 9.96.